The summed E-state index contributed by atoms with van der Waals surface area (Å²) < 4.78 is 43.2. The first-order chi connectivity index (χ1) is 38.7. The fourth-order valence-electron chi connectivity index (χ4n) is 10.2. The quantitative estimate of drug-likeness (QED) is 0.0484. The van der Waals surface area contributed by atoms with Gasteiger partial charge in [-0.25, -0.2) is 18.4 Å². The maximum absolute atomic E-state index is 14.0. The summed E-state index contributed by atoms with van der Waals surface area (Å²) in [4.78, 5) is 76.2. The number of likely N-dealkylation sites (tertiary alicyclic amines) is 1. The number of anilines is 5. The number of aryl methyl sites for hydroxylation is 1. The number of aromatic nitrogens is 3. The number of rotatable bonds is 22. The molecule has 2 aromatic heterocycles. The number of sulfone groups is 1. The zero-order valence-electron chi connectivity index (χ0n) is 46.9. The number of β-amino-alcohol motifs (C(OH)–C–C–N with tert-alkyl or cyclic N) is 1. The van der Waals surface area contributed by atoms with Crippen LogP contribution in [-0.2, 0) is 45.0 Å². The molecule has 4 amide bonds. The van der Waals surface area contributed by atoms with Crippen LogP contribution in [0, 0.1) is 12.3 Å². The first kappa shape index (κ1) is 60.6. The number of nitrogens with zero attached hydrogens (tertiary/aromatic N) is 7. The Kier molecular flexibility index (Phi) is 20.3. The zero-order valence-corrected chi connectivity index (χ0v) is 49.3. The number of hydrogen-bond acceptors (Lipinski definition) is 18. The Morgan fingerprint density at radius 1 is 0.889 bits per heavy atom. The number of hydrogen-bond donors (Lipinski definition) is 5. The fraction of sp³-hybridized carbons (Fsp3) is 0.491. The second-order valence-corrected chi connectivity index (χ2v) is 25.5. The Labute approximate surface area is 483 Å². The number of thiazole rings is 1. The molecule has 0 unspecified atom stereocenters. The Morgan fingerprint density at radius 3 is 2.26 bits per heavy atom. The number of piperazine rings is 1. The first-order valence-corrected chi connectivity index (χ1v) is 30.0. The summed E-state index contributed by atoms with van der Waals surface area (Å²) in [6.45, 7) is 14.9. The fourth-order valence-corrected chi connectivity index (χ4v) is 12.3. The Morgan fingerprint density at radius 2 is 1.59 bits per heavy atom. The van der Waals surface area contributed by atoms with Gasteiger partial charge in [-0.15, -0.1) is 11.3 Å². The van der Waals surface area contributed by atoms with Crippen molar-refractivity contribution in [2.75, 3.05) is 94.9 Å². The molecule has 3 aromatic carbocycles. The van der Waals surface area contributed by atoms with Gasteiger partial charge in [-0.1, -0.05) is 68.8 Å². The Balaban J connectivity index is 0.722. The van der Waals surface area contributed by atoms with Crippen LogP contribution in [0.1, 0.15) is 65.1 Å². The number of carbonyl (C=O) groups excluding carboxylic acids is 4. The van der Waals surface area contributed by atoms with Gasteiger partial charge in [0.05, 0.1) is 70.2 Å². The van der Waals surface area contributed by atoms with Gasteiger partial charge in [0.15, 0.2) is 15.7 Å². The van der Waals surface area contributed by atoms with Crippen LogP contribution < -0.4 is 30.9 Å². The average Bonchev–Trinajstić information content (AvgIpc) is 4.09. The number of benzene rings is 3. The lowest BCUT2D eigenvalue weighted by Crippen LogP contribution is -2.58. The van der Waals surface area contributed by atoms with E-state index in [0.29, 0.717) is 36.3 Å². The molecule has 3 saturated heterocycles. The molecule has 0 bridgehead atoms. The van der Waals surface area contributed by atoms with Crippen molar-refractivity contribution in [3.63, 3.8) is 0 Å². The SMILES string of the molecule is COc1cc(N2CCC(N3CCN(C(=O)COCCOCC(=O)N[C@H](C(=O)N4C[C@H](O)C[C@H]4C(=O)NCc4ccc(-c5scnc5C)cc4)C(C)(C)C)CC3)CC2)ccc1Nc1ncc(Cl)c(Nc2ccccc2S(=O)(=O)C(C)C)n1. The van der Waals surface area contributed by atoms with E-state index in [2.05, 4.69) is 46.0 Å². The number of amides is 4. The highest BCUT2D eigenvalue weighted by Crippen LogP contribution is 2.36. The maximum Gasteiger partial charge on any atom is 0.248 e. The number of para-hydroxylation sites is 1. The molecule has 0 saturated carbocycles. The molecule has 3 fully saturated rings. The first-order valence-electron chi connectivity index (χ1n) is 27.2. The molecule has 3 atom stereocenters. The van der Waals surface area contributed by atoms with Gasteiger partial charge >= 0.3 is 0 Å². The van der Waals surface area contributed by atoms with Gasteiger partial charge in [-0.2, -0.15) is 4.98 Å². The lowest BCUT2D eigenvalue weighted by molar-refractivity contribution is -0.144. The van der Waals surface area contributed by atoms with E-state index in [9.17, 15) is 32.7 Å². The van der Waals surface area contributed by atoms with Crippen LogP contribution in [0.3, 0.4) is 0 Å². The second kappa shape index (κ2) is 27.1. The molecule has 0 aliphatic carbocycles. The number of nitrogens with one attached hydrogen (secondary N) is 4. The van der Waals surface area contributed by atoms with Crippen LogP contribution in [-0.4, -0.2) is 176 Å². The number of aliphatic hydroxyl groups is 1. The van der Waals surface area contributed by atoms with Gasteiger partial charge in [0.1, 0.15) is 36.1 Å². The van der Waals surface area contributed by atoms with Crippen LogP contribution in [0.25, 0.3) is 10.4 Å². The van der Waals surface area contributed by atoms with Gasteiger partial charge < -0.3 is 55.3 Å². The van der Waals surface area contributed by atoms with Crippen molar-refractivity contribution in [1.29, 1.82) is 0 Å². The van der Waals surface area contributed by atoms with Crippen molar-refractivity contribution in [1.82, 2.24) is 40.3 Å². The highest BCUT2D eigenvalue weighted by Gasteiger charge is 2.44. The van der Waals surface area contributed by atoms with Crippen molar-refractivity contribution in [2.45, 2.75) is 102 Å². The third-order valence-corrected chi connectivity index (χ3v) is 18.3. The number of methoxy groups -OCH3 is 1. The molecule has 8 rings (SSSR count). The average molecular weight is 1170 g/mol. The van der Waals surface area contributed by atoms with E-state index in [4.69, 9.17) is 25.8 Å². The van der Waals surface area contributed by atoms with Gasteiger partial charge in [-0.05, 0) is 74.4 Å². The van der Waals surface area contributed by atoms with Crippen LogP contribution in [0.4, 0.5) is 28.8 Å². The summed E-state index contributed by atoms with van der Waals surface area (Å²) in [5, 5.41) is 22.2. The molecule has 81 heavy (non-hydrogen) atoms. The van der Waals surface area contributed by atoms with Crippen molar-refractivity contribution in [2.24, 2.45) is 5.41 Å². The van der Waals surface area contributed by atoms with E-state index < -0.39 is 50.5 Å². The summed E-state index contributed by atoms with van der Waals surface area (Å²) in [7, 11) is -1.99. The van der Waals surface area contributed by atoms with Gasteiger partial charge in [0.25, 0.3) is 0 Å². The molecule has 24 heteroatoms. The minimum absolute atomic E-state index is 0.0398. The Bertz CT molecular complexity index is 3110. The summed E-state index contributed by atoms with van der Waals surface area (Å²) >= 11 is 8.04. The highest BCUT2D eigenvalue weighted by atomic mass is 35.5. The minimum Gasteiger partial charge on any atom is -0.494 e. The van der Waals surface area contributed by atoms with Gasteiger partial charge in [0.2, 0.25) is 29.6 Å². The monoisotopic (exact) mass is 1170 g/mol. The molecule has 0 radical (unpaired) electrons. The van der Waals surface area contributed by atoms with Crippen molar-refractivity contribution >= 4 is 85.2 Å². The summed E-state index contributed by atoms with van der Waals surface area (Å²) in [5.74, 6) is -0.435. The minimum atomic E-state index is -3.59. The van der Waals surface area contributed by atoms with Crippen LogP contribution in [0.5, 0.6) is 5.75 Å². The molecular weight excluding hydrogens is 1100 g/mol. The summed E-state index contributed by atoms with van der Waals surface area (Å²) in [6, 6.07) is 18.8. The third kappa shape index (κ3) is 15.4. The smallest absolute Gasteiger partial charge is 0.248 e. The normalized spacial score (nSPS) is 17.7. The van der Waals surface area contributed by atoms with Crippen LogP contribution in [0.15, 0.2) is 83.3 Å². The van der Waals surface area contributed by atoms with Crippen LogP contribution in [0.2, 0.25) is 5.02 Å². The van der Waals surface area contributed by atoms with Crippen molar-refractivity contribution in [3.8, 4) is 16.2 Å². The lowest BCUT2D eigenvalue weighted by atomic mass is 9.85. The largest absolute Gasteiger partial charge is 0.494 e. The van der Waals surface area contributed by atoms with Gasteiger partial charge in [-0.3, -0.25) is 24.1 Å². The molecule has 5 N–H and O–H groups in total. The second-order valence-electron chi connectivity index (χ2n) is 21.8. The molecular formula is C57H74ClN11O10S2. The Hall–Kier alpha value is -6.47. The highest BCUT2D eigenvalue weighted by molar-refractivity contribution is 7.92. The van der Waals surface area contributed by atoms with Crippen molar-refractivity contribution < 1.29 is 46.9 Å². The van der Waals surface area contributed by atoms with E-state index in [-0.39, 0.29) is 79.4 Å². The van der Waals surface area contributed by atoms with E-state index in [1.807, 2.05) is 75.1 Å². The van der Waals surface area contributed by atoms with Gasteiger partial charge in [0, 0.05) is 76.6 Å². The third-order valence-electron chi connectivity index (χ3n) is 14.8. The number of ether oxygens (including phenoxy) is 3. The number of halogens is 1. The molecule has 5 heterocycles. The van der Waals surface area contributed by atoms with E-state index in [1.165, 1.54) is 11.1 Å². The molecule has 5 aromatic rings. The molecule has 3 aliphatic rings. The summed E-state index contributed by atoms with van der Waals surface area (Å²) in [5.41, 5.74) is 5.95. The predicted octanol–water partition coefficient (Wildman–Crippen LogP) is 6.20. The number of aliphatic hydroxyl groups excluding tert-OH is 1. The topological polar surface area (TPSA) is 250 Å². The molecule has 0 spiro atoms. The standard InChI is InChI=1S/C57H74ClN11O10S2/c1-36(2)81(75,76)48-11-9-8-10-45(48)62-53-43(58)31-60-56(65-53)63-44-17-16-41(28-47(44)77-7)66-20-18-40(19-21-66)67-22-24-68(25-23-67)50(72)34-79-27-26-78-33-49(71)64-52(57(4,5)6)55(74)69-32-42(70)29-46(69)54(73)59-30-38-12-14-39(15-13-38)51-37(3)61-35-80-51/h8-17,28,31,35-36,40,42,46,52,70H,18-27,29-30,32-34H2,1-7H3,(H,59,73)(H,64,71)(H2,60,62,63,65)/t42-,46+,52-/m1/s1. The molecule has 21 nitrogen and oxygen atoms in total. The van der Waals surface area contributed by atoms with Crippen LogP contribution >= 0.6 is 22.9 Å². The van der Waals surface area contributed by atoms with E-state index in [1.54, 1.807) is 62.1 Å². The predicted molar refractivity (Wildman–Crippen MR) is 312 cm³/mol. The van der Waals surface area contributed by atoms with E-state index >= 15 is 0 Å². The number of piperidine rings is 1. The molecule has 436 valence electrons. The van der Waals surface area contributed by atoms with Crippen molar-refractivity contribution in [3.05, 3.63) is 94.7 Å². The lowest BCUT2D eigenvalue weighted by Gasteiger charge is -2.43. The zero-order chi connectivity index (χ0) is 58.0. The van der Waals surface area contributed by atoms with E-state index in [0.717, 1.165) is 66.4 Å². The maximum atomic E-state index is 14.0. The summed E-state index contributed by atoms with van der Waals surface area (Å²) in [6.07, 6.45) is 2.53. The number of carbonyl (C=O) groups is 4. The molecule has 3 aliphatic heterocycles.